The number of hydrogen-bond donors (Lipinski definition) is 1. The van der Waals surface area contributed by atoms with Gasteiger partial charge in [-0.25, -0.2) is 0 Å². The van der Waals surface area contributed by atoms with Crippen LogP contribution in [0.4, 0.5) is 0 Å². The Morgan fingerprint density at radius 1 is 1.15 bits per heavy atom. The van der Waals surface area contributed by atoms with Gasteiger partial charge in [0.15, 0.2) is 0 Å². The Hall–Kier alpha value is -1.57. The first kappa shape index (κ1) is 8.05. The molecule has 0 saturated heterocycles. The molecule has 2 aromatic rings. The molecule has 1 aromatic carbocycles. The molecule has 0 fully saturated rings. The van der Waals surface area contributed by atoms with E-state index < -0.39 is 0 Å². The molecule has 0 aliphatic carbocycles. The number of phenols is 1. The van der Waals surface area contributed by atoms with E-state index in [1.54, 1.807) is 12.3 Å². The van der Waals surface area contributed by atoms with Crippen molar-refractivity contribution in [3.8, 4) is 5.75 Å². The van der Waals surface area contributed by atoms with Gasteiger partial charge < -0.3 is 5.11 Å². The van der Waals surface area contributed by atoms with Crippen LogP contribution in [0, 0.1) is 13.8 Å². The number of rotatable bonds is 0. The van der Waals surface area contributed by atoms with Gasteiger partial charge in [0.2, 0.25) is 0 Å². The molecule has 0 aliphatic rings. The molecule has 2 rings (SSSR count). The summed E-state index contributed by atoms with van der Waals surface area (Å²) < 4.78 is 0. The number of nitrogens with zero attached hydrogens (tertiary/aromatic N) is 1. The van der Waals surface area contributed by atoms with Crippen LogP contribution >= 0.6 is 0 Å². The van der Waals surface area contributed by atoms with Gasteiger partial charge in [-0.05, 0) is 31.5 Å². The molecule has 0 bridgehead atoms. The molecule has 1 heterocycles. The van der Waals surface area contributed by atoms with Crippen molar-refractivity contribution in [1.82, 2.24) is 4.98 Å². The second kappa shape index (κ2) is 2.73. The van der Waals surface area contributed by atoms with Gasteiger partial charge in [0, 0.05) is 22.7 Å². The summed E-state index contributed by atoms with van der Waals surface area (Å²) in [6, 6.07) is 5.52. The lowest BCUT2D eigenvalue weighted by molar-refractivity contribution is 0.481. The van der Waals surface area contributed by atoms with Crippen LogP contribution in [0.2, 0.25) is 0 Å². The van der Waals surface area contributed by atoms with Crippen molar-refractivity contribution in [3.63, 3.8) is 0 Å². The van der Waals surface area contributed by atoms with Gasteiger partial charge in [0.1, 0.15) is 5.75 Å². The molecule has 1 N–H and O–H groups in total. The Bertz CT molecular complexity index is 463. The molecule has 13 heavy (non-hydrogen) atoms. The minimum atomic E-state index is 0.325. The van der Waals surface area contributed by atoms with E-state index in [0.717, 1.165) is 22.0 Å². The van der Waals surface area contributed by atoms with Crippen molar-refractivity contribution < 1.29 is 5.11 Å². The minimum Gasteiger partial charge on any atom is -0.507 e. The Labute approximate surface area is 76.9 Å². The van der Waals surface area contributed by atoms with Crippen molar-refractivity contribution >= 4 is 10.8 Å². The van der Waals surface area contributed by atoms with E-state index in [-0.39, 0.29) is 0 Å². The first-order chi connectivity index (χ1) is 6.18. The Kier molecular flexibility index (Phi) is 1.69. The van der Waals surface area contributed by atoms with Crippen LogP contribution in [0.15, 0.2) is 24.4 Å². The lowest BCUT2D eigenvalue weighted by Crippen LogP contribution is -1.84. The number of benzene rings is 1. The molecule has 0 amide bonds. The number of aromatic nitrogens is 1. The molecule has 66 valence electrons. The number of aromatic hydroxyl groups is 1. The van der Waals surface area contributed by atoms with E-state index in [1.807, 2.05) is 26.0 Å². The topological polar surface area (TPSA) is 33.1 Å². The van der Waals surface area contributed by atoms with Crippen molar-refractivity contribution in [2.45, 2.75) is 13.8 Å². The quantitative estimate of drug-likeness (QED) is 0.664. The third-order valence-electron chi connectivity index (χ3n) is 2.23. The summed E-state index contributed by atoms with van der Waals surface area (Å²) in [5.41, 5.74) is 2.06. The molecule has 0 aliphatic heterocycles. The third-order valence-corrected chi connectivity index (χ3v) is 2.23. The summed E-state index contributed by atoms with van der Waals surface area (Å²) in [6.07, 6.45) is 1.81. The number of fused-ring (bicyclic) bond motifs is 1. The van der Waals surface area contributed by atoms with E-state index in [4.69, 9.17) is 0 Å². The fourth-order valence-corrected chi connectivity index (χ4v) is 1.47. The average Bonchev–Trinajstić information content (AvgIpc) is 2.12. The van der Waals surface area contributed by atoms with Crippen molar-refractivity contribution in [2.75, 3.05) is 0 Å². The summed E-state index contributed by atoms with van der Waals surface area (Å²) in [4.78, 5) is 4.20. The van der Waals surface area contributed by atoms with Gasteiger partial charge in [-0.15, -0.1) is 0 Å². The number of hydrogen-bond acceptors (Lipinski definition) is 2. The first-order valence-electron chi connectivity index (χ1n) is 4.23. The summed E-state index contributed by atoms with van der Waals surface area (Å²) >= 11 is 0. The maximum Gasteiger partial charge on any atom is 0.123 e. The normalized spacial score (nSPS) is 10.6. The Morgan fingerprint density at radius 3 is 2.69 bits per heavy atom. The zero-order chi connectivity index (χ0) is 9.42. The molecule has 1 aromatic heterocycles. The van der Waals surface area contributed by atoms with E-state index in [0.29, 0.717) is 5.75 Å². The number of aryl methyl sites for hydroxylation is 2. The molecule has 2 heteroatoms. The van der Waals surface area contributed by atoms with Crippen LogP contribution in [0.3, 0.4) is 0 Å². The lowest BCUT2D eigenvalue weighted by atomic mass is 10.1. The van der Waals surface area contributed by atoms with Crippen LogP contribution in [-0.4, -0.2) is 10.1 Å². The van der Waals surface area contributed by atoms with Gasteiger partial charge in [0.25, 0.3) is 0 Å². The Morgan fingerprint density at radius 2 is 1.92 bits per heavy atom. The van der Waals surface area contributed by atoms with Crippen molar-refractivity contribution in [2.24, 2.45) is 0 Å². The zero-order valence-corrected chi connectivity index (χ0v) is 7.70. The number of pyridine rings is 1. The fraction of sp³-hybridized carbons (Fsp3) is 0.182. The van der Waals surface area contributed by atoms with Crippen LogP contribution in [0.5, 0.6) is 5.75 Å². The second-order valence-corrected chi connectivity index (χ2v) is 3.27. The van der Waals surface area contributed by atoms with Crippen molar-refractivity contribution in [1.29, 1.82) is 0 Å². The summed E-state index contributed by atoms with van der Waals surface area (Å²) in [6.45, 7) is 3.93. The molecule has 2 nitrogen and oxygen atoms in total. The van der Waals surface area contributed by atoms with Gasteiger partial charge in [-0.3, -0.25) is 4.98 Å². The second-order valence-electron chi connectivity index (χ2n) is 3.27. The van der Waals surface area contributed by atoms with E-state index in [9.17, 15) is 5.11 Å². The molecular formula is C11H11NO. The van der Waals surface area contributed by atoms with Crippen LogP contribution in [0.25, 0.3) is 10.8 Å². The monoisotopic (exact) mass is 173 g/mol. The SMILES string of the molecule is Cc1cc2c(O)ccc(C)c2cn1. The van der Waals surface area contributed by atoms with Crippen LogP contribution in [0.1, 0.15) is 11.3 Å². The average molecular weight is 173 g/mol. The third kappa shape index (κ3) is 1.24. The zero-order valence-electron chi connectivity index (χ0n) is 7.70. The van der Waals surface area contributed by atoms with Gasteiger partial charge >= 0.3 is 0 Å². The minimum absolute atomic E-state index is 0.325. The summed E-state index contributed by atoms with van der Waals surface area (Å²) in [7, 11) is 0. The maximum absolute atomic E-state index is 9.59. The standard InChI is InChI=1S/C11H11NO/c1-7-3-4-11(13)9-5-8(2)12-6-10(7)9/h3-6,13H,1-2H3. The molecular weight excluding hydrogens is 162 g/mol. The molecule has 0 unspecified atom stereocenters. The number of phenolic OH excluding ortho intramolecular Hbond substituents is 1. The van der Waals surface area contributed by atoms with Gasteiger partial charge in [0.05, 0.1) is 0 Å². The highest BCUT2D eigenvalue weighted by Gasteiger charge is 2.02. The van der Waals surface area contributed by atoms with Crippen molar-refractivity contribution in [3.05, 3.63) is 35.7 Å². The Balaban J connectivity index is 2.92. The smallest absolute Gasteiger partial charge is 0.123 e. The maximum atomic E-state index is 9.59. The molecule has 0 radical (unpaired) electrons. The highest BCUT2D eigenvalue weighted by molar-refractivity contribution is 5.90. The van der Waals surface area contributed by atoms with E-state index in [2.05, 4.69) is 4.98 Å². The summed E-state index contributed by atoms with van der Waals surface area (Å²) in [5.74, 6) is 0.325. The molecule has 0 atom stereocenters. The predicted octanol–water partition coefficient (Wildman–Crippen LogP) is 2.56. The van der Waals surface area contributed by atoms with E-state index >= 15 is 0 Å². The fourth-order valence-electron chi connectivity index (χ4n) is 1.47. The van der Waals surface area contributed by atoms with Gasteiger partial charge in [-0.1, -0.05) is 6.07 Å². The van der Waals surface area contributed by atoms with Crippen LogP contribution in [-0.2, 0) is 0 Å². The lowest BCUT2D eigenvalue weighted by Gasteiger charge is -2.04. The van der Waals surface area contributed by atoms with E-state index in [1.165, 1.54) is 0 Å². The highest BCUT2D eigenvalue weighted by atomic mass is 16.3. The molecule has 0 spiro atoms. The first-order valence-corrected chi connectivity index (χ1v) is 4.23. The largest absolute Gasteiger partial charge is 0.507 e. The highest BCUT2D eigenvalue weighted by Crippen LogP contribution is 2.26. The summed E-state index contributed by atoms with van der Waals surface area (Å²) in [5, 5.41) is 11.5. The van der Waals surface area contributed by atoms with Crippen LogP contribution < -0.4 is 0 Å². The van der Waals surface area contributed by atoms with Gasteiger partial charge in [-0.2, -0.15) is 0 Å². The molecule has 0 saturated carbocycles. The predicted molar refractivity (Wildman–Crippen MR) is 52.9 cm³/mol.